The highest BCUT2D eigenvalue weighted by Crippen LogP contribution is 2.41. The van der Waals surface area contributed by atoms with Crippen LogP contribution in [0.3, 0.4) is 0 Å². The van der Waals surface area contributed by atoms with Gasteiger partial charge in [0.25, 0.3) is 0 Å². The van der Waals surface area contributed by atoms with Crippen molar-refractivity contribution in [3.8, 4) is 0 Å². The van der Waals surface area contributed by atoms with Crippen molar-refractivity contribution < 1.29 is 22.1 Å². The van der Waals surface area contributed by atoms with Crippen LogP contribution in [0.2, 0.25) is 0 Å². The number of nitrogens with one attached hydrogen (secondary N) is 1. The summed E-state index contributed by atoms with van der Waals surface area (Å²) in [6, 6.07) is 9.39. The lowest BCUT2D eigenvalue weighted by Gasteiger charge is -2.24. The quantitative estimate of drug-likeness (QED) is 0.870. The van der Waals surface area contributed by atoms with Crippen molar-refractivity contribution in [3.63, 3.8) is 0 Å². The Labute approximate surface area is 125 Å². The monoisotopic (exact) mass is 315 g/mol. The van der Waals surface area contributed by atoms with Crippen molar-refractivity contribution in [3.05, 3.63) is 35.9 Å². The second-order valence-corrected chi connectivity index (χ2v) is 6.32. The fourth-order valence-electron chi connectivity index (χ4n) is 2.36. The zero-order valence-corrected chi connectivity index (χ0v) is 13.2. The van der Waals surface area contributed by atoms with Gasteiger partial charge in [0.2, 0.25) is 0 Å². The average Bonchev–Trinajstić information content (AvgIpc) is 2.87. The van der Waals surface area contributed by atoms with Crippen molar-refractivity contribution in [2.24, 2.45) is 0 Å². The van der Waals surface area contributed by atoms with Crippen LogP contribution in [0.1, 0.15) is 38.4 Å². The summed E-state index contributed by atoms with van der Waals surface area (Å²) in [6.45, 7) is 3.89. The van der Waals surface area contributed by atoms with Crippen LogP contribution in [0, 0.1) is 0 Å². The predicted octanol–water partition coefficient (Wildman–Crippen LogP) is 2.10. The lowest BCUT2D eigenvalue weighted by atomic mass is 10.1. The second kappa shape index (κ2) is 6.41. The molecule has 1 N–H and O–H groups in total. The predicted molar refractivity (Wildman–Crippen MR) is 77.5 cm³/mol. The lowest BCUT2D eigenvalue weighted by Crippen LogP contribution is -2.40. The highest BCUT2D eigenvalue weighted by Gasteiger charge is 2.47. The Morgan fingerprint density at radius 2 is 1.81 bits per heavy atom. The molecule has 0 saturated carbocycles. The van der Waals surface area contributed by atoms with Gasteiger partial charge in [-0.05, 0) is 18.4 Å². The molecule has 1 heterocycles. The first-order valence-corrected chi connectivity index (χ1v) is 8.34. The molecule has 0 spiro atoms. The molecule has 0 radical (unpaired) electrons. The molecule has 2 rings (SSSR count). The molecule has 1 aromatic rings. The minimum Gasteiger partial charge on any atom is -0.338 e. The van der Waals surface area contributed by atoms with E-state index < -0.39 is 28.4 Å². The minimum atomic E-state index is -3.87. The van der Waals surface area contributed by atoms with Gasteiger partial charge in [-0.1, -0.05) is 44.2 Å². The maximum absolute atomic E-state index is 11.7. The summed E-state index contributed by atoms with van der Waals surface area (Å²) in [5.41, 5.74) is 0.852. The summed E-state index contributed by atoms with van der Waals surface area (Å²) in [7, 11) is -2.77. The molecule has 6 nitrogen and oxygen atoms in total. The summed E-state index contributed by atoms with van der Waals surface area (Å²) < 4.78 is 42.0. The van der Waals surface area contributed by atoms with E-state index in [1.165, 1.54) is 0 Å². The molecule has 0 amide bonds. The van der Waals surface area contributed by atoms with Gasteiger partial charge in [0, 0.05) is 0 Å². The Balaban J connectivity index is 2.30. The molecular formula is C14H21NO5S. The number of hydrogen-bond donors (Lipinski definition) is 1. The van der Waals surface area contributed by atoms with Crippen LogP contribution >= 0.6 is 0 Å². The third kappa shape index (κ3) is 3.61. The van der Waals surface area contributed by atoms with Crippen LogP contribution < -0.4 is 4.72 Å². The van der Waals surface area contributed by atoms with Crippen molar-refractivity contribution in [2.45, 2.75) is 44.8 Å². The Hall–Kier alpha value is -0.990. The van der Waals surface area contributed by atoms with Gasteiger partial charge in [0.05, 0.1) is 7.11 Å². The van der Waals surface area contributed by atoms with Gasteiger partial charge in [-0.25, -0.2) is 0 Å². The molecule has 7 heteroatoms. The van der Waals surface area contributed by atoms with Crippen molar-refractivity contribution in [1.29, 1.82) is 0 Å². The highest BCUT2D eigenvalue weighted by molar-refractivity contribution is 7.84. The SMILES string of the molecule is CCC1(CC)OC(NS(=O)(=O)OC)C(c2ccccc2)O1. The third-order valence-electron chi connectivity index (χ3n) is 3.64. The number of benzene rings is 1. The van der Waals surface area contributed by atoms with Gasteiger partial charge in [-0.3, -0.25) is 4.18 Å². The molecule has 1 saturated heterocycles. The highest BCUT2D eigenvalue weighted by atomic mass is 32.2. The van der Waals surface area contributed by atoms with E-state index in [1.807, 2.05) is 44.2 Å². The molecule has 0 aliphatic carbocycles. The van der Waals surface area contributed by atoms with E-state index >= 15 is 0 Å². The Bertz CT molecular complexity index is 556. The molecule has 2 atom stereocenters. The molecule has 0 bridgehead atoms. The van der Waals surface area contributed by atoms with Gasteiger partial charge in [0.1, 0.15) is 6.10 Å². The molecular weight excluding hydrogens is 294 g/mol. The van der Waals surface area contributed by atoms with Gasteiger partial charge >= 0.3 is 10.3 Å². The number of hydrogen-bond acceptors (Lipinski definition) is 5. The minimum absolute atomic E-state index is 0.518. The van der Waals surface area contributed by atoms with Crippen LogP contribution in [0.25, 0.3) is 0 Å². The zero-order valence-electron chi connectivity index (χ0n) is 12.4. The zero-order chi connectivity index (χ0) is 15.5. The summed E-state index contributed by atoms with van der Waals surface area (Å²) in [5.74, 6) is -0.790. The summed E-state index contributed by atoms with van der Waals surface area (Å²) in [4.78, 5) is 0. The van der Waals surface area contributed by atoms with E-state index in [4.69, 9.17) is 9.47 Å². The third-order valence-corrected chi connectivity index (χ3v) is 4.60. The van der Waals surface area contributed by atoms with E-state index in [1.54, 1.807) is 0 Å². The Morgan fingerprint density at radius 1 is 1.19 bits per heavy atom. The maximum atomic E-state index is 11.7. The second-order valence-electron chi connectivity index (χ2n) is 4.84. The van der Waals surface area contributed by atoms with Crippen LogP contribution in [0.4, 0.5) is 0 Å². The molecule has 2 unspecified atom stereocenters. The van der Waals surface area contributed by atoms with Gasteiger partial charge in [-0.2, -0.15) is 13.1 Å². The van der Waals surface area contributed by atoms with Crippen LogP contribution in [0.5, 0.6) is 0 Å². The van der Waals surface area contributed by atoms with Crippen molar-refractivity contribution >= 4 is 10.3 Å². The van der Waals surface area contributed by atoms with E-state index in [-0.39, 0.29) is 0 Å². The first-order valence-electron chi connectivity index (χ1n) is 6.93. The van der Waals surface area contributed by atoms with E-state index in [0.29, 0.717) is 12.8 Å². The maximum Gasteiger partial charge on any atom is 0.337 e. The topological polar surface area (TPSA) is 73.9 Å². The number of rotatable bonds is 6. The van der Waals surface area contributed by atoms with Gasteiger partial charge < -0.3 is 9.47 Å². The first kappa shape index (κ1) is 16.4. The van der Waals surface area contributed by atoms with E-state index in [2.05, 4.69) is 8.91 Å². The average molecular weight is 315 g/mol. The summed E-state index contributed by atoms with van der Waals surface area (Å²) >= 11 is 0. The first-order chi connectivity index (χ1) is 9.95. The van der Waals surface area contributed by atoms with Crippen LogP contribution in [0.15, 0.2) is 30.3 Å². The molecule has 1 aliphatic heterocycles. The largest absolute Gasteiger partial charge is 0.338 e. The molecule has 21 heavy (non-hydrogen) atoms. The number of ether oxygens (including phenoxy) is 2. The van der Waals surface area contributed by atoms with E-state index in [0.717, 1.165) is 12.7 Å². The normalized spacial score (nSPS) is 25.1. The molecule has 1 aromatic carbocycles. The van der Waals surface area contributed by atoms with Gasteiger partial charge in [0.15, 0.2) is 12.0 Å². The lowest BCUT2D eigenvalue weighted by molar-refractivity contribution is -0.180. The van der Waals surface area contributed by atoms with Crippen LogP contribution in [-0.4, -0.2) is 27.5 Å². The smallest absolute Gasteiger partial charge is 0.337 e. The van der Waals surface area contributed by atoms with Crippen molar-refractivity contribution in [1.82, 2.24) is 4.72 Å². The molecule has 118 valence electrons. The standard InChI is InChI=1S/C14H21NO5S/c1-4-14(5-2)19-12(11-9-7-6-8-10-11)13(20-14)15-21(16,17)18-3/h6-10,12-13,15H,4-5H2,1-3H3. The Kier molecular flexibility index (Phi) is 5.00. The van der Waals surface area contributed by atoms with Crippen molar-refractivity contribution in [2.75, 3.05) is 7.11 Å². The molecule has 1 aliphatic rings. The summed E-state index contributed by atoms with van der Waals surface area (Å²) in [6.07, 6.45) is -0.0934. The van der Waals surface area contributed by atoms with Gasteiger partial charge in [-0.15, -0.1) is 0 Å². The van der Waals surface area contributed by atoms with Crippen LogP contribution in [-0.2, 0) is 24.0 Å². The van der Waals surface area contributed by atoms with E-state index in [9.17, 15) is 8.42 Å². The summed E-state index contributed by atoms with van der Waals surface area (Å²) in [5, 5.41) is 0. The molecule has 0 aromatic heterocycles. The molecule has 1 fully saturated rings. The fourth-order valence-corrected chi connectivity index (χ4v) is 2.91. The Morgan fingerprint density at radius 3 is 2.33 bits per heavy atom. The fraction of sp³-hybridized carbons (Fsp3) is 0.571.